The average Bonchev–Trinajstić information content (AvgIpc) is 2.15. The van der Waals surface area contributed by atoms with E-state index >= 15 is 0 Å². The Morgan fingerprint density at radius 2 is 2.23 bits per heavy atom. The lowest BCUT2D eigenvalue weighted by Crippen LogP contribution is -1.89. The minimum absolute atomic E-state index is 0.242. The summed E-state index contributed by atoms with van der Waals surface area (Å²) < 4.78 is 12.9. The molecule has 0 radical (unpaired) electrons. The first kappa shape index (κ1) is 8.89. The summed E-state index contributed by atoms with van der Waals surface area (Å²) >= 11 is 0. The van der Waals surface area contributed by atoms with Gasteiger partial charge in [0.2, 0.25) is 0 Å². The van der Waals surface area contributed by atoms with Crippen LogP contribution in [-0.2, 0) is 0 Å². The number of hydrogen-bond donors (Lipinski definition) is 0. The van der Waals surface area contributed by atoms with Gasteiger partial charge in [-0.05, 0) is 17.7 Å². The van der Waals surface area contributed by atoms with Crippen LogP contribution < -0.4 is 0 Å². The van der Waals surface area contributed by atoms with E-state index in [0.717, 1.165) is 6.07 Å². The molecule has 1 aromatic heterocycles. The maximum atomic E-state index is 12.9. The molecule has 1 aromatic rings. The van der Waals surface area contributed by atoms with Crippen molar-refractivity contribution >= 4 is 6.08 Å². The van der Waals surface area contributed by atoms with Crippen molar-refractivity contribution in [2.75, 3.05) is 0 Å². The molecule has 1 rings (SSSR count). The smallest absolute Gasteiger partial charge is 0.176 e. The van der Waals surface area contributed by atoms with Crippen LogP contribution in [0, 0.1) is 28.5 Å². The second-order valence-corrected chi connectivity index (χ2v) is 2.17. The van der Waals surface area contributed by atoms with Gasteiger partial charge in [-0.15, -0.1) is 0 Å². The van der Waals surface area contributed by atoms with Gasteiger partial charge in [0.05, 0.1) is 6.07 Å². The van der Waals surface area contributed by atoms with Crippen LogP contribution >= 0.6 is 0 Å². The van der Waals surface area contributed by atoms with E-state index in [2.05, 4.69) is 4.98 Å². The van der Waals surface area contributed by atoms with Gasteiger partial charge < -0.3 is 0 Å². The zero-order valence-electron chi connectivity index (χ0n) is 6.53. The quantitative estimate of drug-likeness (QED) is 0.606. The molecule has 4 heteroatoms. The Kier molecular flexibility index (Phi) is 2.73. The summed E-state index contributed by atoms with van der Waals surface area (Å²) in [6.07, 6.45) is 3.95. The molecular formula is C9H4FN3. The summed E-state index contributed by atoms with van der Waals surface area (Å²) in [5.41, 5.74) is 0.215. The van der Waals surface area contributed by atoms with Gasteiger partial charge in [0.1, 0.15) is 6.07 Å². The van der Waals surface area contributed by atoms with Crippen LogP contribution in [0.3, 0.4) is 0 Å². The molecule has 0 aliphatic carbocycles. The summed E-state index contributed by atoms with van der Waals surface area (Å²) in [4.78, 5) is 3.55. The zero-order valence-corrected chi connectivity index (χ0v) is 6.53. The van der Waals surface area contributed by atoms with Gasteiger partial charge in [-0.2, -0.15) is 10.5 Å². The molecule has 1 heterocycles. The molecule has 0 N–H and O–H groups in total. The number of aromatic nitrogens is 1. The number of nitriles is 2. The van der Waals surface area contributed by atoms with Crippen LogP contribution in [0.4, 0.5) is 4.39 Å². The highest BCUT2D eigenvalue weighted by atomic mass is 19.1. The van der Waals surface area contributed by atoms with Crippen LogP contribution in [0.25, 0.3) is 6.08 Å². The molecule has 0 amide bonds. The molecule has 3 nitrogen and oxygen atoms in total. The third-order valence-corrected chi connectivity index (χ3v) is 1.32. The Bertz CT molecular complexity index is 423. The Labute approximate surface area is 74.4 Å². The van der Waals surface area contributed by atoms with Crippen molar-refractivity contribution in [2.45, 2.75) is 0 Å². The van der Waals surface area contributed by atoms with Gasteiger partial charge in [-0.3, -0.25) is 0 Å². The third-order valence-electron chi connectivity index (χ3n) is 1.32. The summed E-state index contributed by atoms with van der Waals surface area (Å²) in [5, 5.41) is 16.6. The van der Waals surface area contributed by atoms with Gasteiger partial charge in [0, 0.05) is 12.3 Å². The van der Waals surface area contributed by atoms with Crippen LogP contribution in [-0.4, -0.2) is 4.98 Å². The van der Waals surface area contributed by atoms with E-state index in [1.54, 1.807) is 12.1 Å². The van der Waals surface area contributed by atoms with E-state index in [1.807, 2.05) is 0 Å². The molecule has 0 spiro atoms. The highest BCUT2D eigenvalue weighted by Crippen LogP contribution is 2.07. The first-order chi connectivity index (χ1) is 6.27. The second kappa shape index (κ2) is 3.99. The number of pyridine rings is 1. The van der Waals surface area contributed by atoms with Crippen LogP contribution in [0.2, 0.25) is 0 Å². The minimum Gasteiger partial charge on any atom is -0.242 e. The first-order valence-corrected chi connectivity index (χ1v) is 3.39. The number of rotatable bonds is 1. The largest absolute Gasteiger partial charge is 0.242 e. The van der Waals surface area contributed by atoms with Gasteiger partial charge in [0.15, 0.2) is 11.5 Å². The Balaban J connectivity index is 3.06. The molecule has 0 saturated carbocycles. The Morgan fingerprint density at radius 1 is 1.46 bits per heavy atom. The lowest BCUT2D eigenvalue weighted by atomic mass is 10.2. The maximum Gasteiger partial charge on any atom is 0.176 e. The number of nitrogens with zero attached hydrogens (tertiary/aromatic N) is 3. The van der Waals surface area contributed by atoms with E-state index in [0.29, 0.717) is 5.56 Å². The normalized spacial score (nSPS) is 9.46. The average molecular weight is 173 g/mol. The van der Waals surface area contributed by atoms with E-state index in [-0.39, 0.29) is 5.69 Å². The number of allylic oxidation sites excluding steroid dienone is 1. The van der Waals surface area contributed by atoms with Crippen LogP contribution in [0.15, 0.2) is 18.3 Å². The molecule has 13 heavy (non-hydrogen) atoms. The van der Waals surface area contributed by atoms with Crippen LogP contribution in [0.1, 0.15) is 11.3 Å². The summed E-state index contributed by atoms with van der Waals surface area (Å²) in [5.74, 6) is -0.678. The lowest BCUT2D eigenvalue weighted by Gasteiger charge is -1.93. The fourth-order valence-electron chi connectivity index (χ4n) is 0.760. The zero-order chi connectivity index (χ0) is 9.68. The van der Waals surface area contributed by atoms with Crippen molar-refractivity contribution in [3.63, 3.8) is 0 Å². The Morgan fingerprint density at radius 3 is 2.77 bits per heavy atom. The molecule has 0 saturated heterocycles. The summed E-state index contributed by atoms with van der Waals surface area (Å²) in [6.45, 7) is 0. The van der Waals surface area contributed by atoms with Gasteiger partial charge in [-0.1, -0.05) is 0 Å². The third kappa shape index (κ3) is 2.11. The van der Waals surface area contributed by atoms with Crippen molar-refractivity contribution in [1.82, 2.24) is 4.98 Å². The highest BCUT2D eigenvalue weighted by molar-refractivity contribution is 5.51. The number of hydrogen-bond acceptors (Lipinski definition) is 3. The molecule has 0 unspecified atom stereocenters. The predicted molar refractivity (Wildman–Crippen MR) is 43.6 cm³/mol. The van der Waals surface area contributed by atoms with Gasteiger partial charge >= 0.3 is 0 Å². The topological polar surface area (TPSA) is 60.5 Å². The van der Waals surface area contributed by atoms with Crippen LogP contribution in [0.5, 0.6) is 0 Å². The van der Waals surface area contributed by atoms with E-state index in [1.165, 1.54) is 18.3 Å². The lowest BCUT2D eigenvalue weighted by molar-refractivity contribution is 0.616. The molecule has 0 bridgehead atoms. The predicted octanol–water partition coefficient (Wildman–Crippen LogP) is 1.63. The van der Waals surface area contributed by atoms with Crippen molar-refractivity contribution < 1.29 is 4.39 Å². The van der Waals surface area contributed by atoms with Gasteiger partial charge in [-0.25, -0.2) is 9.37 Å². The molecule has 0 fully saturated rings. The monoisotopic (exact) mass is 173 g/mol. The molecule has 62 valence electrons. The summed E-state index contributed by atoms with van der Waals surface area (Å²) in [7, 11) is 0. The van der Waals surface area contributed by atoms with Crippen molar-refractivity contribution in [2.24, 2.45) is 0 Å². The molecular weight excluding hydrogens is 169 g/mol. The fraction of sp³-hybridized carbons (Fsp3) is 0. The van der Waals surface area contributed by atoms with Gasteiger partial charge in [0.25, 0.3) is 0 Å². The van der Waals surface area contributed by atoms with Crippen molar-refractivity contribution in [1.29, 1.82) is 10.5 Å². The highest BCUT2D eigenvalue weighted by Gasteiger charge is 2.01. The fourth-order valence-corrected chi connectivity index (χ4v) is 0.760. The van der Waals surface area contributed by atoms with E-state index < -0.39 is 5.82 Å². The molecule has 0 aromatic carbocycles. The Hall–Kier alpha value is -2.20. The number of halogens is 1. The van der Waals surface area contributed by atoms with E-state index in [9.17, 15) is 4.39 Å². The summed E-state index contributed by atoms with van der Waals surface area (Å²) in [6, 6.07) is 4.52. The molecule has 0 atom stereocenters. The van der Waals surface area contributed by atoms with Crippen molar-refractivity contribution in [3.05, 3.63) is 35.4 Å². The van der Waals surface area contributed by atoms with E-state index in [4.69, 9.17) is 10.5 Å². The molecule has 0 aliphatic rings. The standard InChI is InChI=1S/C9H4FN3/c10-8-4-7(2-1-3-11)6-13-9(8)5-12/h1-2,4,6H. The second-order valence-electron chi connectivity index (χ2n) is 2.17. The van der Waals surface area contributed by atoms with Crippen molar-refractivity contribution in [3.8, 4) is 12.1 Å². The SMILES string of the molecule is N#CC=Cc1cnc(C#N)c(F)c1. The maximum absolute atomic E-state index is 12.9. The molecule has 0 aliphatic heterocycles. The first-order valence-electron chi connectivity index (χ1n) is 3.39. The minimum atomic E-state index is -0.678.